The van der Waals surface area contributed by atoms with E-state index in [1.807, 2.05) is 0 Å². The Labute approximate surface area is 169 Å². The maximum Gasteiger partial charge on any atom is 0.235 e. The Morgan fingerprint density at radius 3 is 2.41 bits per heavy atom. The van der Waals surface area contributed by atoms with E-state index in [1.165, 1.54) is 19.2 Å². The lowest BCUT2D eigenvalue weighted by atomic mass is 9.94. The van der Waals surface area contributed by atoms with Gasteiger partial charge < -0.3 is 19.1 Å². The lowest BCUT2D eigenvalue weighted by Gasteiger charge is -2.24. The molecule has 0 aromatic heterocycles. The van der Waals surface area contributed by atoms with Crippen LogP contribution in [-0.2, 0) is 0 Å². The van der Waals surface area contributed by atoms with Gasteiger partial charge in [-0.3, -0.25) is 4.79 Å². The van der Waals surface area contributed by atoms with Gasteiger partial charge in [0, 0.05) is 19.2 Å². The van der Waals surface area contributed by atoms with Gasteiger partial charge in [0.25, 0.3) is 0 Å². The number of nitrogens with zero attached hydrogens (tertiary/aromatic N) is 1. The Hall–Kier alpha value is -3.12. The molecular weight excluding hydrogens is 373 g/mol. The number of carbonyl (C=O) groups is 1. The third-order valence-electron chi connectivity index (χ3n) is 5.21. The SMILES string of the molecule is COc1cc(OC)c(C2=CCN(C)CC2)c2c1C(=O)/C(=C/c1ccc(F)cc1)O2. The zero-order valence-corrected chi connectivity index (χ0v) is 16.6. The number of carbonyl (C=O) groups excluding carboxylic acids is 1. The molecule has 0 saturated heterocycles. The van der Waals surface area contributed by atoms with E-state index in [1.54, 1.807) is 31.4 Å². The van der Waals surface area contributed by atoms with Crippen molar-refractivity contribution in [1.82, 2.24) is 4.90 Å². The molecule has 0 aliphatic carbocycles. The summed E-state index contributed by atoms with van der Waals surface area (Å²) in [7, 11) is 5.16. The van der Waals surface area contributed by atoms with E-state index in [2.05, 4.69) is 18.0 Å². The number of ketones is 1. The lowest BCUT2D eigenvalue weighted by Crippen LogP contribution is -2.23. The topological polar surface area (TPSA) is 48.0 Å². The number of methoxy groups -OCH3 is 2. The van der Waals surface area contributed by atoms with E-state index in [0.717, 1.165) is 30.6 Å². The molecule has 5 nitrogen and oxygen atoms in total. The highest BCUT2D eigenvalue weighted by Crippen LogP contribution is 2.49. The molecule has 2 aliphatic heterocycles. The van der Waals surface area contributed by atoms with Crippen LogP contribution in [0.25, 0.3) is 11.6 Å². The Morgan fingerprint density at radius 2 is 1.79 bits per heavy atom. The number of hydrogen-bond donors (Lipinski definition) is 0. The fourth-order valence-corrected chi connectivity index (χ4v) is 3.64. The van der Waals surface area contributed by atoms with Crippen molar-refractivity contribution in [3.63, 3.8) is 0 Å². The number of halogens is 1. The van der Waals surface area contributed by atoms with E-state index in [-0.39, 0.29) is 17.4 Å². The van der Waals surface area contributed by atoms with Crippen LogP contribution in [0.2, 0.25) is 0 Å². The second-order valence-electron chi connectivity index (χ2n) is 7.09. The van der Waals surface area contributed by atoms with Gasteiger partial charge in [-0.25, -0.2) is 4.39 Å². The fraction of sp³-hybridized carbons (Fsp3) is 0.261. The molecule has 6 heteroatoms. The summed E-state index contributed by atoms with van der Waals surface area (Å²) in [5, 5.41) is 0. The molecule has 0 radical (unpaired) electrons. The first-order valence-corrected chi connectivity index (χ1v) is 9.38. The van der Waals surface area contributed by atoms with Crippen LogP contribution < -0.4 is 14.2 Å². The third kappa shape index (κ3) is 3.51. The summed E-state index contributed by atoms with van der Waals surface area (Å²) in [6.45, 7) is 1.72. The predicted molar refractivity (Wildman–Crippen MR) is 109 cm³/mol. The average molecular weight is 395 g/mol. The molecule has 0 spiro atoms. The summed E-state index contributed by atoms with van der Waals surface area (Å²) < 4.78 is 30.3. The van der Waals surface area contributed by atoms with Crippen molar-refractivity contribution >= 4 is 17.4 Å². The summed E-state index contributed by atoms with van der Waals surface area (Å²) in [5.41, 5.74) is 2.92. The molecule has 0 N–H and O–H groups in total. The number of allylic oxidation sites excluding steroid dienone is 1. The molecule has 0 fully saturated rings. The molecule has 0 amide bonds. The van der Waals surface area contributed by atoms with Gasteiger partial charge in [0.2, 0.25) is 5.78 Å². The van der Waals surface area contributed by atoms with Gasteiger partial charge in [-0.15, -0.1) is 0 Å². The Kier molecular flexibility index (Phi) is 5.11. The van der Waals surface area contributed by atoms with Crippen LogP contribution in [-0.4, -0.2) is 45.0 Å². The van der Waals surface area contributed by atoms with Crippen molar-refractivity contribution in [2.75, 3.05) is 34.4 Å². The summed E-state index contributed by atoms with van der Waals surface area (Å²) in [4.78, 5) is 15.3. The van der Waals surface area contributed by atoms with Crippen LogP contribution in [0.3, 0.4) is 0 Å². The van der Waals surface area contributed by atoms with E-state index in [4.69, 9.17) is 14.2 Å². The normalized spacial score (nSPS) is 17.7. The number of Topliss-reactive ketones (excluding diaryl/α,β-unsaturated/α-hetero) is 1. The highest BCUT2D eigenvalue weighted by molar-refractivity contribution is 6.17. The second-order valence-corrected chi connectivity index (χ2v) is 7.09. The first-order valence-electron chi connectivity index (χ1n) is 9.38. The molecular formula is C23H22FNO4. The van der Waals surface area contributed by atoms with Gasteiger partial charge in [-0.2, -0.15) is 0 Å². The summed E-state index contributed by atoms with van der Waals surface area (Å²) in [6.07, 6.45) is 4.56. The average Bonchev–Trinajstić information content (AvgIpc) is 3.05. The smallest absolute Gasteiger partial charge is 0.235 e. The molecule has 0 atom stereocenters. The molecule has 2 aromatic rings. The van der Waals surface area contributed by atoms with E-state index >= 15 is 0 Å². The van der Waals surface area contributed by atoms with Crippen LogP contribution >= 0.6 is 0 Å². The zero-order valence-electron chi connectivity index (χ0n) is 16.6. The number of rotatable bonds is 4. The Balaban J connectivity index is 1.84. The van der Waals surface area contributed by atoms with E-state index in [9.17, 15) is 9.18 Å². The van der Waals surface area contributed by atoms with E-state index < -0.39 is 0 Å². The van der Waals surface area contributed by atoms with Gasteiger partial charge in [0.05, 0.1) is 19.8 Å². The monoisotopic (exact) mass is 395 g/mol. The van der Waals surface area contributed by atoms with Gasteiger partial charge in [0.1, 0.15) is 22.9 Å². The summed E-state index contributed by atoms with van der Waals surface area (Å²) in [5.74, 6) is 1.03. The van der Waals surface area contributed by atoms with Crippen molar-refractivity contribution in [2.45, 2.75) is 6.42 Å². The van der Waals surface area contributed by atoms with Crippen molar-refractivity contribution in [3.05, 3.63) is 64.7 Å². The van der Waals surface area contributed by atoms with Gasteiger partial charge in [-0.1, -0.05) is 18.2 Å². The highest BCUT2D eigenvalue weighted by atomic mass is 19.1. The quantitative estimate of drug-likeness (QED) is 0.727. The lowest BCUT2D eigenvalue weighted by molar-refractivity contribution is 0.101. The number of likely N-dealkylation sites (N-methyl/N-ethyl adjacent to an activating group) is 1. The van der Waals surface area contributed by atoms with Crippen LogP contribution in [0, 0.1) is 5.82 Å². The van der Waals surface area contributed by atoms with Gasteiger partial charge >= 0.3 is 0 Å². The first-order chi connectivity index (χ1) is 14.0. The minimum atomic E-state index is -0.336. The fourth-order valence-electron chi connectivity index (χ4n) is 3.64. The van der Waals surface area contributed by atoms with Crippen LogP contribution in [0.4, 0.5) is 4.39 Å². The molecule has 150 valence electrons. The molecule has 0 saturated carbocycles. The van der Waals surface area contributed by atoms with Gasteiger partial charge in [0.15, 0.2) is 11.5 Å². The van der Waals surface area contributed by atoms with Crippen molar-refractivity contribution < 1.29 is 23.4 Å². The molecule has 2 aliphatic rings. The predicted octanol–water partition coefficient (Wildman–Crippen LogP) is 4.18. The third-order valence-corrected chi connectivity index (χ3v) is 5.21. The van der Waals surface area contributed by atoms with Crippen molar-refractivity contribution in [2.24, 2.45) is 0 Å². The molecule has 4 rings (SSSR count). The minimum absolute atomic E-state index is 0.174. The largest absolute Gasteiger partial charge is 0.496 e. The summed E-state index contributed by atoms with van der Waals surface area (Å²) in [6, 6.07) is 7.62. The minimum Gasteiger partial charge on any atom is -0.496 e. The molecule has 0 bridgehead atoms. The Morgan fingerprint density at radius 1 is 1.10 bits per heavy atom. The standard InChI is InChI=1S/C23H22FNO4/c1-25-10-8-15(9-11-25)20-17(27-2)13-18(28-3)21-22(26)19(29-23(20)21)12-14-4-6-16(24)7-5-14/h4-8,12-13H,9-11H2,1-3H3/b19-12-. The maximum absolute atomic E-state index is 13.2. The van der Waals surface area contributed by atoms with Crippen LogP contribution in [0.5, 0.6) is 17.2 Å². The highest BCUT2D eigenvalue weighted by Gasteiger charge is 2.36. The first kappa shape index (κ1) is 19.2. The van der Waals surface area contributed by atoms with Gasteiger partial charge in [-0.05, 0) is 42.8 Å². The van der Waals surface area contributed by atoms with Crippen molar-refractivity contribution in [1.29, 1.82) is 0 Å². The summed E-state index contributed by atoms with van der Waals surface area (Å²) >= 11 is 0. The number of benzene rings is 2. The van der Waals surface area contributed by atoms with Crippen molar-refractivity contribution in [3.8, 4) is 17.2 Å². The molecule has 29 heavy (non-hydrogen) atoms. The Bertz CT molecular complexity index is 1020. The molecule has 2 aromatic carbocycles. The van der Waals surface area contributed by atoms with E-state index in [0.29, 0.717) is 28.4 Å². The number of ether oxygens (including phenoxy) is 3. The van der Waals surface area contributed by atoms with Crippen LogP contribution in [0.1, 0.15) is 27.9 Å². The maximum atomic E-state index is 13.2. The second kappa shape index (κ2) is 7.72. The zero-order chi connectivity index (χ0) is 20.5. The number of fused-ring (bicyclic) bond motifs is 1. The molecule has 2 heterocycles. The molecule has 0 unspecified atom stereocenters. The number of hydrogen-bond acceptors (Lipinski definition) is 5. The van der Waals surface area contributed by atoms with Crippen LogP contribution in [0.15, 0.2) is 42.2 Å².